The van der Waals surface area contributed by atoms with Gasteiger partial charge in [-0.3, -0.25) is 4.79 Å². The maximum absolute atomic E-state index is 13.1. The molecule has 0 aromatic heterocycles. The predicted octanol–water partition coefficient (Wildman–Crippen LogP) is 4.66. The Labute approximate surface area is 191 Å². The van der Waals surface area contributed by atoms with Crippen LogP contribution in [0.15, 0.2) is 47.4 Å². The van der Waals surface area contributed by atoms with E-state index in [1.807, 2.05) is 50.2 Å². The molecule has 32 heavy (non-hydrogen) atoms. The lowest BCUT2D eigenvalue weighted by Crippen LogP contribution is -2.41. The highest BCUT2D eigenvalue weighted by Crippen LogP contribution is 2.28. The summed E-state index contributed by atoms with van der Waals surface area (Å²) in [5.74, 6) is 0.577. The summed E-state index contributed by atoms with van der Waals surface area (Å²) in [5.41, 5.74) is 2.53. The van der Waals surface area contributed by atoms with E-state index in [0.29, 0.717) is 36.9 Å². The Morgan fingerprint density at radius 2 is 1.62 bits per heavy atom. The number of aryl methyl sites for hydroxylation is 2. The van der Waals surface area contributed by atoms with Crippen LogP contribution < -0.4 is 10.1 Å². The lowest BCUT2D eigenvalue weighted by Gasteiger charge is -2.31. The van der Waals surface area contributed by atoms with Gasteiger partial charge in [0, 0.05) is 24.7 Å². The molecular weight excluding hydrogens is 424 g/mol. The first kappa shape index (κ1) is 22.8. The molecule has 1 saturated heterocycles. The second-order valence-corrected chi connectivity index (χ2v) is 10.9. The zero-order valence-electron chi connectivity index (χ0n) is 18.8. The van der Waals surface area contributed by atoms with Gasteiger partial charge in [-0.2, -0.15) is 4.31 Å². The number of carbonyl (C=O) groups is 1. The van der Waals surface area contributed by atoms with Gasteiger partial charge in [0.15, 0.2) is 0 Å². The summed E-state index contributed by atoms with van der Waals surface area (Å²) in [6.45, 7) is 4.47. The smallest absolute Gasteiger partial charge is 0.243 e. The van der Waals surface area contributed by atoms with Crippen LogP contribution in [0.4, 0.5) is 5.69 Å². The van der Waals surface area contributed by atoms with E-state index in [1.54, 1.807) is 6.07 Å². The monoisotopic (exact) mass is 456 g/mol. The molecule has 0 spiro atoms. The minimum absolute atomic E-state index is 0.0574. The topological polar surface area (TPSA) is 75.7 Å². The van der Waals surface area contributed by atoms with Crippen LogP contribution in [0, 0.1) is 19.8 Å². The number of hydrogen-bond acceptors (Lipinski definition) is 4. The van der Waals surface area contributed by atoms with Crippen molar-refractivity contribution in [1.82, 2.24) is 4.31 Å². The molecule has 1 N–H and O–H groups in total. The van der Waals surface area contributed by atoms with Gasteiger partial charge in [0.2, 0.25) is 15.9 Å². The highest BCUT2D eigenvalue weighted by atomic mass is 32.2. The second-order valence-electron chi connectivity index (χ2n) is 8.99. The number of amides is 1. The highest BCUT2D eigenvalue weighted by molar-refractivity contribution is 7.89. The predicted molar refractivity (Wildman–Crippen MR) is 125 cm³/mol. The molecule has 2 aromatic rings. The van der Waals surface area contributed by atoms with Gasteiger partial charge < -0.3 is 10.1 Å². The number of carbonyl (C=O) groups excluding carboxylic acids is 1. The van der Waals surface area contributed by atoms with E-state index in [4.69, 9.17) is 4.74 Å². The van der Waals surface area contributed by atoms with Crippen LogP contribution in [0.2, 0.25) is 0 Å². The van der Waals surface area contributed by atoms with Crippen molar-refractivity contribution < 1.29 is 17.9 Å². The van der Waals surface area contributed by atoms with E-state index in [0.717, 1.165) is 35.4 Å². The SMILES string of the molecule is Cc1ccc(S(=O)(=O)N2CCC(C(=O)Nc3ccc(OC4CCCC4)cc3)CC2)c(C)c1. The van der Waals surface area contributed by atoms with Crippen LogP contribution in [0.5, 0.6) is 5.75 Å². The van der Waals surface area contributed by atoms with E-state index in [1.165, 1.54) is 17.1 Å². The minimum atomic E-state index is -3.54. The molecule has 0 unspecified atom stereocenters. The van der Waals surface area contributed by atoms with Crippen LogP contribution in [-0.4, -0.2) is 37.8 Å². The molecule has 172 valence electrons. The summed E-state index contributed by atoms with van der Waals surface area (Å²) < 4.78 is 33.6. The Bertz CT molecular complexity index is 1050. The second kappa shape index (κ2) is 9.63. The standard InChI is InChI=1S/C25H32N2O4S/c1-18-7-12-24(19(2)17-18)32(29,30)27-15-13-20(14-16-27)25(28)26-21-8-10-23(11-9-21)31-22-5-3-4-6-22/h7-12,17,20,22H,3-6,13-16H2,1-2H3,(H,26,28). The summed E-state index contributed by atoms with van der Waals surface area (Å²) in [4.78, 5) is 13.1. The Hall–Kier alpha value is -2.38. The molecule has 1 saturated carbocycles. The number of rotatable bonds is 6. The summed E-state index contributed by atoms with van der Waals surface area (Å²) in [6.07, 6.45) is 6.00. The number of anilines is 1. The van der Waals surface area contributed by atoms with Gasteiger partial charge in [0.1, 0.15) is 5.75 Å². The van der Waals surface area contributed by atoms with Gasteiger partial charge in [-0.15, -0.1) is 0 Å². The summed E-state index contributed by atoms with van der Waals surface area (Å²) in [7, 11) is -3.54. The van der Waals surface area contributed by atoms with Crippen LogP contribution in [0.25, 0.3) is 0 Å². The number of ether oxygens (including phenoxy) is 1. The number of sulfonamides is 1. The molecule has 1 amide bonds. The van der Waals surface area contributed by atoms with Crippen molar-refractivity contribution in [1.29, 1.82) is 0 Å². The number of piperidine rings is 1. The first-order valence-electron chi connectivity index (χ1n) is 11.5. The molecule has 4 rings (SSSR count). The van der Waals surface area contributed by atoms with Crippen LogP contribution in [0.3, 0.4) is 0 Å². The Morgan fingerprint density at radius 1 is 0.969 bits per heavy atom. The molecular formula is C25H32N2O4S. The third-order valence-electron chi connectivity index (χ3n) is 6.50. The number of benzene rings is 2. The minimum Gasteiger partial charge on any atom is -0.490 e. The van der Waals surface area contributed by atoms with Crippen molar-refractivity contribution in [3.8, 4) is 5.75 Å². The molecule has 7 heteroatoms. The van der Waals surface area contributed by atoms with E-state index >= 15 is 0 Å². The van der Waals surface area contributed by atoms with Crippen molar-refractivity contribution >= 4 is 21.6 Å². The quantitative estimate of drug-likeness (QED) is 0.686. The van der Waals surface area contributed by atoms with Gasteiger partial charge in [0.25, 0.3) is 0 Å². The first-order chi connectivity index (χ1) is 15.3. The zero-order chi connectivity index (χ0) is 22.7. The van der Waals surface area contributed by atoms with Gasteiger partial charge in [-0.25, -0.2) is 8.42 Å². The number of hydrogen-bond donors (Lipinski definition) is 1. The van der Waals surface area contributed by atoms with E-state index in [-0.39, 0.29) is 11.8 Å². The number of nitrogens with one attached hydrogen (secondary N) is 1. The normalized spacial score (nSPS) is 18.6. The van der Waals surface area contributed by atoms with Crippen LogP contribution in [-0.2, 0) is 14.8 Å². The summed E-state index contributed by atoms with van der Waals surface area (Å²) in [5, 5.41) is 2.97. The molecule has 0 atom stereocenters. The van der Waals surface area contributed by atoms with Crippen molar-refractivity contribution in [3.63, 3.8) is 0 Å². The first-order valence-corrected chi connectivity index (χ1v) is 12.9. The van der Waals surface area contributed by atoms with E-state index < -0.39 is 10.0 Å². The molecule has 1 heterocycles. The van der Waals surface area contributed by atoms with E-state index in [2.05, 4.69) is 5.32 Å². The molecule has 0 radical (unpaired) electrons. The molecule has 2 aromatic carbocycles. The third-order valence-corrected chi connectivity index (χ3v) is 8.56. The highest BCUT2D eigenvalue weighted by Gasteiger charge is 2.32. The van der Waals surface area contributed by atoms with Crippen LogP contribution >= 0.6 is 0 Å². The lowest BCUT2D eigenvalue weighted by molar-refractivity contribution is -0.120. The van der Waals surface area contributed by atoms with Gasteiger partial charge in [-0.05, 0) is 88.3 Å². The Morgan fingerprint density at radius 3 is 2.25 bits per heavy atom. The molecule has 6 nitrogen and oxygen atoms in total. The Kier molecular flexibility index (Phi) is 6.86. The Balaban J connectivity index is 1.31. The summed E-state index contributed by atoms with van der Waals surface area (Å²) in [6, 6.07) is 12.9. The van der Waals surface area contributed by atoms with Crippen molar-refractivity contribution in [3.05, 3.63) is 53.6 Å². The fourth-order valence-electron chi connectivity index (χ4n) is 4.65. The zero-order valence-corrected chi connectivity index (χ0v) is 19.7. The van der Waals surface area contributed by atoms with Gasteiger partial charge >= 0.3 is 0 Å². The summed E-state index contributed by atoms with van der Waals surface area (Å²) >= 11 is 0. The molecule has 0 bridgehead atoms. The van der Waals surface area contributed by atoms with Crippen molar-refractivity contribution in [2.75, 3.05) is 18.4 Å². The largest absolute Gasteiger partial charge is 0.490 e. The molecule has 1 aliphatic carbocycles. The maximum atomic E-state index is 13.1. The average Bonchev–Trinajstić information content (AvgIpc) is 3.28. The van der Waals surface area contributed by atoms with Crippen LogP contribution in [0.1, 0.15) is 49.7 Å². The molecule has 2 aliphatic rings. The van der Waals surface area contributed by atoms with Gasteiger partial charge in [-0.1, -0.05) is 17.7 Å². The fraction of sp³-hybridized carbons (Fsp3) is 0.480. The average molecular weight is 457 g/mol. The number of nitrogens with zero attached hydrogens (tertiary/aromatic N) is 1. The van der Waals surface area contributed by atoms with Gasteiger partial charge in [0.05, 0.1) is 11.0 Å². The maximum Gasteiger partial charge on any atom is 0.243 e. The molecule has 2 fully saturated rings. The van der Waals surface area contributed by atoms with Crippen molar-refractivity contribution in [2.24, 2.45) is 5.92 Å². The third kappa shape index (κ3) is 5.15. The fourth-order valence-corrected chi connectivity index (χ4v) is 6.32. The molecule has 1 aliphatic heterocycles. The van der Waals surface area contributed by atoms with E-state index in [9.17, 15) is 13.2 Å². The lowest BCUT2D eigenvalue weighted by atomic mass is 9.97. The van der Waals surface area contributed by atoms with Crippen molar-refractivity contribution in [2.45, 2.75) is 63.4 Å².